The average Bonchev–Trinajstić information content (AvgIpc) is 3.47. The van der Waals surface area contributed by atoms with E-state index in [9.17, 15) is 9.59 Å². The molecule has 30 heavy (non-hydrogen) atoms. The maximum Gasteiger partial charge on any atom is 0.332 e. The second-order valence-corrected chi connectivity index (χ2v) is 7.39. The number of aromatic nitrogens is 7. The fourth-order valence-electron chi connectivity index (χ4n) is 3.33. The van der Waals surface area contributed by atoms with Crippen LogP contribution in [0.3, 0.4) is 0 Å². The maximum absolute atomic E-state index is 12.9. The number of fused-ring (bicyclic) bond motifs is 1. The molecule has 10 nitrogen and oxygen atoms in total. The molecular weight excluding hydrogens is 410 g/mol. The summed E-state index contributed by atoms with van der Waals surface area (Å²) in [7, 11) is 0. The Balaban J connectivity index is 1.47. The van der Waals surface area contributed by atoms with E-state index >= 15 is 0 Å². The number of unbranched alkanes of at least 4 members (excludes halogenated alkanes) is 2. The van der Waals surface area contributed by atoms with Crippen LogP contribution in [0, 0.1) is 0 Å². The number of H-pyrrole nitrogens is 2. The van der Waals surface area contributed by atoms with Crippen molar-refractivity contribution in [3.63, 3.8) is 0 Å². The second kappa shape index (κ2) is 8.70. The molecule has 0 saturated heterocycles. The van der Waals surface area contributed by atoms with Crippen LogP contribution in [0.25, 0.3) is 22.7 Å². The number of hydrogen-bond donors (Lipinski definition) is 2. The zero-order valence-electron chi connectivity index (χ0n) is 16.5. The first kappa shape index (κ1) is 20.1. The lowest BCUT2D eigenvalue weighted by molar-refractivity contribution is 0.419. The highest BCUT2D eigenvalue weighted by atomic mass is 35.5. The molecule has 4 heterocycles. The van der Waals surface area contributed by atoms with Gasteiger partial charge in [-0.05, 0) is 43.0 Å². The summed E-state index contributed by atoms with van der Waals surface area (Å²) in [4.78, 5) is 39.9. The van der Waals surface area contributed by atoms with E-state index in [0.29, 0.717) is 43.2 Å². The number of imidazole rings is 1. The van der Waals surface area contributed by atoms with Crippen LogP contribution in [-0.2, 0) is 19.5 Å². The molecule has 11 heteroatoms. The molecule has 0 unspecified atom stereocenters. The van der Waals surface area contributed by atoms with Crippen LogP contribution in [0.2, 0.25) is 5.28 Å². The smallest absolute Gasteiger partial charge is 0.332 e. The summed E-state index contributed by atoms with van der Waals surface area (Å²) in [5.41, 5.74) is 0.556. The molecule has 0 aromatic carbocycles. The largest absolute Gasteiger partial charge is 0.357 e. The molecule has 4 rings (SSSR count). The molecule has 0 fully saturated rings. The molecule has 0 atom stereocenters. The van der Waals surface area contributed by atoms with E-state index in [4.69, 9.17) is 16.1 Å². The molecule has 0 bridgehead atoms. The summed E-state index contributed by atoms with van der Waals surface area (Å²) in [6.45, 7) is 2.81. The van der Waals surface area contributed by atoms with Gasteiger partial charge in [-0.1, -0.05) is 18.5 Å². The minimum absolute atomic E-state index is 0.0967. The van der Waals surface area contributed by atoms with Crippen LogP contribution < -0.4 is 11.2 Å². The molecule has 0 amide bonds. The number of rotatable bonds is 9. The Morgan fingerprint density at radius 1 is 1.13 bits per heavy atom. The molecule has 0 saturated carbocycles. The van der Waals surface area contributed by atoms with Crippen molar-refractivity contribution in [1.82, 2.24) is 34.2 Å². The number of aromatic amines is 2. The van der Waals surface area contributed by atoms with Crippen molar-refractivity contribution in [1.29, 1.82) is 0 Å². The topological polar surface area (TPSA) is 127 Å². The molecule has 4 aromatic rings. The standard InChI is InChI=1S/C19H22ClN7O3/c1-2-3-10-26-15-14(23-18(20)24-15)17(28)27(19(26)29)11-5-4-8-13-22-16(30-25-13)12-7-6-9-21-12/h6-7,9,21H,2-5,8,10-11H2,1H3,(H,23,24). The third-order valence-corrected chi connectivity index (χ3v) is 5.08. The van der Waals surface area contributed by atoms with Gasteiger partial charge in [-0.2, -0.15) is 9.97 Å². The average molecular weight is 432 g/mol. The highest BCUT2D eigenvalue weighted by molar-refractivity contribution is 6.28. The third-order valence-electron chi connectivity index (χ3n) is 4.90. The van der Waals surface area contributed by atoms with Gasteiger partial charge in [-0.15, -0.1) is 0 Å². The highest BCUT2D eigenvalue weighted by Crippen LogP contribution is 2.15. The summed E-state index contributed by atoms with van der Waals surface area (Å²) in [5, 5.41) is 4.07. The fraction of sp³-hybridized carbons (Fsp3) is 0.421. The number of halogens is 1. The van der Waals surface area contributed by atoms with Crippen LogP contribution in [-0.4, -0.2) is 34.2 Å². The Morgan fingerprint density at radius 2 is 1.97 bits per heavy atom. The van der Waals surface area contributed by atoms with Gasteiger partial charge in [-0.3, -0.25) is 13.9 Å². The predicted octanol–water partition coefficient (Wildman–Crippen LogP) is 2.74. The minimum Gasteiger partial charge on any atom is -0.357 e. The van der Waals surface area contributed by atoms with Crippen molar-refractivity contribution in [3.8, 4) is 11.6 Å². The normalized spacial score (nSPS) is 11.5. The molecule has 0 spiro atoms. The Morgan fingerprint density at radius 3 is 2.73 bits per heavy atom. The van der Waals surface area contributed by atoms with Crippen molar-refractivity contribution in [3.05, 3.63) is 50.3 Å². The van der Waals surface area contributed by atoms with Gasteiger partial charge in [0, 0.05) is 25.7 Å². The van der Waals surface area contributed by atoms with E-state index in [-0.39, 0.29) is 23.0 Å². The van der Waals surface area contributed by atoms with E-state index in [2.05, 4.69) is 25.1 Å². The van der Waals surface area contributed by atoms with Crippen molar-refractivity contribution in [2.24, 2.45) is 0 Å². The van der Waals surface area contributed by atoms with E-state index < -0.39 is 5.56 Å². The predicted molar refractivity (Wildman–Crippen MR) is 112 cm³/mol. The number of aryl methyl sites for hydroxylation is 2. The molecule has 4 aromatic heterocycles. The summed E-state index contributed by atoms with van der Waals surface area (Å²) in [5.74, 6) is 1.02. The summed E-state index contributed by atoms with van der Waals surface area (Å²) < 4.78 is 8.00. The molecule has 158 valence electrons. The van der Waals surface area contributed by atoms with Crippen LogP contribution >= 0.6 is 11.6 Å². The second-order valence-electron chi connectivity index (χ2n) is 7.03. The van der Waals surface area contributed by atoms with Crippen molar-refractivity contribution in [2.45, 2.75) is 52.1 Å². The van der Waals surface area contributed by atoms with E-state index in [0.717, 1.165) is 18.5 Å². The monoisotopic (exact) mass is 431 g/mol. The van der Waals surface area contributed by atoms with Crippen molar-refractivity contribution >= 4 is 22.8 Å². The Bertz CT molecular complexity index is 1250. The Hall–Kier alpha value is -3.14. The Labute approximate surface area is 175 Å². The van der Waals surface area contributed by atoms with E-state index in [1.54, 1.807) is 6.20 Å². The van der Waals surface area contributed by atoms with Gasteiger partial charge in [-0.25, -0.2) is 4.79 Å². The van der Waals surface area contributed by atoms with E-state index in [1.165, 1.54) is 9.13 Å². The lowest BCUT2D eigenvalue weighted by atomic mass is 10.2. The van der Waals surface area contributed by atoms with E-state index in [1.807, 2.05) is 19.1 Å². The van der Waals surface area contributed by atoms with Gasteiger partial charge in [0.1, 0.15) is 5.69 Å². The Kier molecular flexibility index (Phi) is 5.84. The zero-order chi connectivity index (χ0) is 21.1. The zero-order valence-corrected chi connectivity index (χ0v) is 17.3. The minimum atomic E-state index is -0.407. The van der Waals surface area contributed by atoms with Crippen LogP contribution in [0.4, 0.5) is 0 Å². The van der Waals surface area contributed by atoms with Crippen molar-refractivity contribution < 1.29 is 4.52 Å². The molecular formula is C19H22ClN7O3. The van der Waals surface area contributed by atoms with Crippen LogP contribution in [0.5, 0.6) is 0 Å². The first-order valence-corrected chi connectivity index (χ1v) is 10.3. The summed E-state index contributed by atoms with van der Waals surface area (Å²) in [6.07, 6.45) is 5.41. The third kappa shape index (κ3) is 3.95. The summed E-state index contributed by atoms with van der Waals surface area (Å²) >= 11 is 5.94. The van der Waals surface area contributed by atoms with Crippen molar-refractivity contribution in [2.75, 3.05) is 0 Å². The molecule has 0 aliphatic heterocycles. The summed E-state index contributed by atoms with van der Waals surface area (Å²) in [6, 6.07) is 3.71. The first-order chi connectivity index (χ1) is 14.6. The lowest BCUT2D eigenvalue weighted by Gasteiger charge is -2.10. The highest BCUT2D eigenvalue weighted by Gasteiger charge is 2.16. The molecule has 2 N–H and O–H groups in total. The van der Waals surface area contributed by atoms with Crippen LogP contribution in [0.1, 0.15) is 38.4 Å². The number of nitrogens with zero attached hydrogens (tertiary/aromatic N) is 5. The van der Waals surface area contributed by atoms with Gasteiger partial charge in [0.05, 0.1) is 0 Å². The molecule has 0 aliphatic rings. The van der Waals surface area contributed by atoms with Gasteiger partial charge < -0.3 is 14.5 Å². The number of nitrogens with one attached hydrogen (secondary N) is 2. The van der Waals surface area contributed by atoms with Gasteiger partial charge in [0.25, 0.3) is 11.4 Å². The van der Waals surface area contributed by atoms with Gasteiger partial charge in [0.2, 0.25) is 5.28 Å². The fourth-order valence-corrected chi connectivity index (χ4v) is 3.51. The number of hydrogen-bond acceptors (Lipinski definition) is 6. The quantitative estimate of drug-likeness (QED) is 0.310. The first-order valence-electron chi connectivity index (χ1n) is 9.93. The SMILES string of the molecule is CCCCn1c(=O)n(CCCCc2noc(-c3ccc[nH]3)n2)c(=O)c2[nH]c(Cl)nc21. The lowest BCUT2D eigenvalue weighted by Crippen LogP contribution is -2.40. The van der Waals surface area contributed by atoms with Gasteiger partial charge in [0.15, 0.2) is 17.0 Å². The molecule has 0 aliphatic carbocycles. The van der Waals surface area contributed by atoms with Crippen LogP contribution in [0.15, 0.2) is 32.4 Å². The maximum atomic E-state index is 12.9. The van der Waals surface area contributed by atoms with Gasteiger partial charge >= 0.3 is 5.69 Å². The molecule has 0 radical (unpaired) electrons.